The van der Waals surface area contributed by atoms with E-state index in [9.17, 15) is 13.2 Å². The first-order valence-corrected chi connectivity index (χ1v) is 26.2. The molecule has 6 rings (SSSR count). The first-order chi connectivity index (χ1) is 26.7. The highest BCUT2D eigenvalue weighted by Crippen LogP contribution is 2.35. The molecule has 56 heavy (non-hydrogen) atoms. The number of fused-ring (bicyclic) bond motifs is 1. The molecule has 0 radical (unpaired) electrons. The minimum absolute atomic E-state index is 0.0152. The van der Waals surface area contributed by atoms with E-state index in [1.165, 1.54) is 11.8 Å². The van der Waals surface area contributed by atoms with Crippen LogP contribution in [0, 0.1) is 5.92 Å². The van der Waals surface area contributed by atoms with E-state index < -0.39 is 17.9 Å². The second-order valence-corrected chi connectivity index (χ2v) is 24.9. The van der Waals surface area contributed by atoms with Crippen molar-refractivity contribution in [3.63, 3.8) is 0 Å². The summed E-state index contributed by atoms with van der Waals surface area (Å²) in [6.45, 7) is 15.3. The summed E-state index contributed by atoms with van der Waals surface area (Å²) in [6, 6.07) is 20.4. The number of carbonyl (C=O) groups is 1. The maximum absolute atomic E-state index is 12.1. The van der Waals surface area contributed by atoms with Gasteiger partial charge in [0, 0.05) is 72.2 Å². The molecule has 1 saturated heterocycles. The molecule has 2 aliphatic rings. The molecule has 14 heteroatoms. The van der Waals surface area contributed by atoms with Gasteiger partial charge in [0.2, 0.25) is 0 Å². The van der Waals surface area contributed by atoms with Crippen molar-refractivity contribution >= 4 is 46.6 Å². The average molecular weight is 825 g/mol. The third-order valence-corrected chi connectivity index (χ3v) is 13.7. The van der Waals surface area contributed by atoms with E-state index >= 15 is 0 Å². The number of sulfone groups is 1. The largest absolute Gasteiger partial charge is 0.466 e. The minimum atomic E-state index is -2.94. The van der Waals surface area contributed by atoms with Gasteiger partial charge < -0.3 is 14.2 Å². The predicted molar refractivity (Wildman–Crippen MR) is 227 cm³/mol. The summed E-state index contributed by atoms with van der Waals surface area (Å²) in [6.07, 6.45) is 5.23. The fraction of sp³-hybridized carbons (Fsp3) is 0.548. The fourth-order valence-corrected chi connectivity index (χ4v) is 8.96. The lowest BCUT2D eigenvalue weighted by Gasteiger charge is -2.34. The van der Waals surface area contributed by atoms with Crippen molar-refractivity contribution in [3.8, 4) is 28.4 Å². The Balaban J connectivity index is 1.12. The Kier molecular flexibility index (Phi) is 14.3. The number of hydrogen-bond donors (Lipinski definition) is 0. The molecule has 3 heterocycles. The molecule has 11 nitrogen and oxygen atoms in total. The lowest BCUT2D eigenvalue weighted by Crippen LogP contribution is -2.47. The lowest BCUT2D eigenvalue weighted by molar-refractivity contribution is -0.144. The molecule has 0 amide bonds. The van der Waals surface area contributed by atoms with Crippen LogP contribution in [0.25, 0.3) is 33.5 Å². The summed E-state index contributed by atoms with van der Waals surface area (Å²) in [4.78, 5) is 26.6. The van der Waals surface area contributed by atoms with E-state index in [4.69, 9.17) is 35.8 Å². The first-order valence-electron chi connectivity index (χ1n) is 20.0. The zero-order chi connectivity index (χ0) is 39.9. The van der Waals surface area contributed by atoms with Gasteiger partial charge in [0.25, 0.3) is 0 Å². The number of hydrogen-bond acceptors (Lipinski definition) is 10. The van der Waals surface area contributed by atoms with Crippen LogP contribution in [0.5, 0.6) is 6.01 Å². The van der Waals surface area contributed by atoms with Gasteiger partial charge in [-0.3, -0.25) is 19.2 Å². The summed E-state index contributed by atoms with van der Waals surface area (Å²) in [7, 11) is -4.21. The molecule has 0 atom stereocenters. The van der Waals surface area contributed by atoms with Crippen LogP contribution >= 0.6 is 11.6 Å². The monoisotopic (exact) mass is 823 g/mol. The number of benzene rings is 2. The molecule has 2 aromatic carbocycles. The van der Waals surface area contributed by atoms with Crippen LogP contribution in [-0.2, 0) is 37.4 Å². The summed E-state index contributed by atoms with van der Waals surface area (Å²) in [5.41, 5.74) is 6.37. The zero-order valence-corrected chi connectivity index (χ0v) is 36.2. The van der Waals surface area contributed by atoms with Crippen molar-refractivity contribution in [2.75, 3.05) is 57.9 Å². The average Bonchev–Trinajstić information content (AvgIpc) is 3.48. The highest BCUT2D eigenvalue weighted by atomic mass is 35.5. The number of carbonyl (C=O) groups excluding carboxylic acids is 1. The van der Waals surface area contributed by atoms with Crippen molar-refractivity contribution in [2.24, 2.45) is 5.92 Å². The number of esters is 1. The number of nitrogens with zero attached hydrogens (tertiary/aromatic N) is 5. The Labute approximate surface area is 338 Å². The van der Waals surface area contributed by atoms with E-state index in [-0.39, 0.29) is 17.8 Å². The number of rotatable bonds is 17. The van der Waals surface area contributed by atoms with Crippen molar-refractivity contribution in [1.29, 1.82) is 0 Å². The Morgan fingerprint density at radius 1 is 0.893 bits per heavy atom. The van der Waals surface area contributed by atoms with Gasteiger partial charge in [-0.05, 0) is 67.3 Å². The van der Waals surface area contributed by atoms with Crippen molar-refractivity contribution in [2.45, 2.75) is 84.1 Å². The highest BCUT2D eigenvalue weighted by Gasteiger charge is 2.27. The lowest BCUT2D eigenvalue weighted by atomic mass is 9.85. The van der Waals surface area contributed by atoms with E-state index in [2.05, 4.69) is 78.0 Å². The Morgan fingerprint density at radius 3 is 2.14 bits per heavy atom. The number of imidazole rings is 1. The molecule has 2 aromatic heterocycles. The van der Waals surface area contributed by atoms with Crippen LogP contribution in [0.3, 0.4) is 0 Å². The Morgan fingerprint density at radius 2 is 1.52 bits per heavy atom. The number of halogens is 1. The zero-order valence-electron chi connectivity index (χ0n) is 33.6. The minimum Gasteiger partial charge on any atom is -0.466 e. The van der Waals surface area contributed by atoms with Gasteiger partial charge in [-0.15, -0.1) is 0 Å². The second kappa shape index (κ2) is 18.9. The maximum Gasteiger partial charge on any atom is 0.306 e. The third-order valence-electron chi connectivity index (χ3n) is 10.8. The quantitative estimate of drug-likeness (QED) is 0.0594. The summed E-state index contributed by atoms with van der Waals surface area (Å²) < 4.78 is 42.9. The fourth-order valence-electron chi connectivity index (χ4n) is 7.36. The molecule has 0 bridgehead atoms. The van der Waals surface area contributed by atoms with Crippen LogP contribution in [0.2, 0.25) is 30.7 Å². The number of piperazine rings is 1. The number of pyridine rings is 1. The third kappa shape index (κ3) is 12.1. The van der Waals surface area contributed by atoms with Crippen molar-refractivity contribution in [3.05, 3.63) is 65.2 Å². The van der Waals surface area contributed by atoms with Gasteiger partial charge in [-0.1, -0.05) is 79.8 Å². The number of ether oxygens (including phenoxy) is 3. The SMILES string of the molecule is CCOC(=O)CC1CCC(Oc2nc3nc(-c4ccc(-c5ccc(CN6CCN(CCS(C)(=O)=O)CC6)cc5)cc4)c(Cl)cc3n2COCC[Si](C)(C)C)CC1. The van der Waals surface area contributed by atoms with Gasteiger partial charge in [0.15, 0.2) is 5.65 Å². The molecular weight excluding hydrogens is 766 g/mol. The van der Waals surface area contributed by atoms with Gasteiger partial charge >= 0.3 is 12.0 Å². The summed E-state index contributed by atoms with van der Waals surface area (Å²) in [5.74, 6) is 0.406. The van der Waals surface area contributed by atoms with Crippen LogP contribution in [0.4, 0.5) is 0 Å². The molecule has 1 aliphatic carbocycles. The van der Waals surface area contributed by atoms with E-state index in [1.54, 1.807) is 0 Å². The van der Waals surface area contributed by atoms with E-state index in [0.29, 0.717) is 61.2 Å². The second-order valence-electron chi connectivity index (χ2n) is 16.6. The normalized spacial score (nSPS) is 18.7. The molecule has 1 saturated carbocycles. The van der Waals surface area contributed by atoms with Gasteiger partial charge in [-0.25, -0.2) is 13.4 Å². The molecule has 4 aromatic rings. The molecule has 2 fully saturated rings. The molecule has 304 valence electrons. The number of aromatic nitrogens is 3. The Hall–Kier alpha value is -3.33. The van der Waals surface area contributed by atoms with Crippen LogP contribution < -0.4 is 4.74 Å². The molecule has 1 aliphatic heterocycles. The molecular formula is C42H58ClN5O6SSi. The maximum atomic E-state index is 12.1. The van der Waals surface area contributed by atoms with Crippen molar-refractivity contribution in [1.82, 2.24) is 24.3 Å². The standard InChI is InChI=1S/C42H58ClN5O6SSi/c1-6-53-39(49)27-31-9-17-36(18-10-31)54-42-45-41-38(48(42)30-52-24-26-56(3,4)5)28-37(43)40(44-41)35-15-13-34(14-16-35)33-11-7-32(8-12-33)29-47-21-19-46(20-22-47)23-25-55(2,50)51/h7-8,11-16,28,31,36H,6,9-10,17-27,29-30H2,1-5H3. The molecule has 0 spiro atoms. The first kappa shape index (κ1) is 42.3. The van der Waals surface area contributed by atoms with Crippen LogP contribution in [-0.4, -0.2) is 111 Å². The Bertz CT molecular complexity index is 2020. The predicted octanol–water partition coefficient (Wildman–Crippen LogP) is 7.78. The highest BCUT2D eigenvalue weighted by molar-refractivity contribution is 7.90. The molecule has 0 unspecified atom stereocenters. The smallest absolute Gasteiger partial charge is 0.306 e. The van der Waals surface area contributed by atoms with E-state index in [1.807, 2.05) is 17.6 Å². The van der Waals surface area contributed by atoms with Crippen molar-refractivity contribution < 1.29 is 27.4 Å². The van der Waals surface area contributed by atoms with Gasteiger partial charge in [0.1, 0.15) is 22.7 Å². The van der Waals surface area contributed by atoms with Gasteiger partial charge in [-0.2, -0.15) is 4.98 Å². The summed E-state index contributed by atoms with van der Waals surface area (Å²) in [5, 5.41) is 0.528. The van der Waals surface area contributed by atoms with Gasteiger partial charge in [0.05, 0.1) is 28.6 Å². The molecule has 0 N–H and O–H groups in total. The van der Waals surface area contributed by atoms with Crippen LogP contribution in [0.1, 0.15) is 44.6 Å². The summed E-state index contributed by atoms with van der Waals surface area (Å²) >= 11 is 6.96. The van der Waals surface area contributed by atoms with E-state index in [0.717, 1.165) is 86.7 Å². The van der Waals surface area contributed by atoms with Crippen LogP contribution in [0.15, 0.2) is 54.6 Å². The topological polar surface area (TPSA) is 116 Å².